The van der Waals surface area contributed by atoms with Crippen LogP contribution in [0.2, 0.25) is 0 Å². The van der Waals surface area contributed by atoms with Gasteiger partial charge in [-0.2, -0.15) is 4.90 Å². The van der Waals surface area contributed by atoms with E-state index in [1.54, 1.807) is 12.1 Å². The molecule has 1 aromatic rings. The molecular weight excluding hydrogens is 198 g/mol. The second-order valence-electron chi connectivity index (χ2n) is 1.75. The summed E-state index contributed by atoms with van der Waals surface area (Å²) in [6.07, 6.45) is 0. The van der Waals surface area contributed by atoms with E-state index in [1.165, 1.54) is 12.1 Å². The zero-order valence-electron chi connectivity index (χ0n) is 5.48. The molecule has 5 heteroatoms. The molecule has 0 spiro atoms. The van der Waals surface area contributed by atoms with Crippen LogP contribution in [0.5, 0.6) is 0 Å². The predicted octanol–water partition coefficient (Wildman–Crippen LogP) is 1.50. The van der Waals surface area contributed by atoms with E-state index in [0.29, 0.717) is 4.90 Å². The quantitative estimate of drug-likeness (QED) is 0.300. The van der Waals surface area contributed by atoms with E-state index in [2.05, 4.69) is 0 Å². The molecule has 0 bridgehead atoms. The smallest absolute Gasteiger partial charge is 0.267 e. The van der Waals surface area contributed by atoms with Crippen molar-refractivity contribution < 1.29 is 26.6 Å². The van der Waals surface area contributed by atoms with Crippen molar-refractivity contribution in [1.82, 2.24) is 0 Å². The molecule has 11 heavy (non-hydrogen) atoms. The summed E-state index contributed by atoms with van der Waals surface area (Å²) in [7, 11) is 0. The summed E-state index contributed by atoms with van der Waals surface area (Å²) in [5, 5.41) is 10.1. The van der Waals surface area contributed by atoms with Gasteiger partial charge in [0, 0.05) is 27.8 Å². The Hall–Kier alpha value is -0.446. The van der Waals surface area contributed by atoms with E-state index in [-0.39, 0.29) is 27.4 Å². The van der Waals surface area contributed by atoms with Crippen LogP contribution in [0.15, 0.2) is 29.2 Å². The molecule has 0 fully saturated rings. The first-order valence-electron chi connectivity index (χ1n) is 2.61. The van der Waals surface area contributed by atoms with Gasteiger partial charge in [0.1, 0.15) is 0 Å². The Morgan fingerprint density at radius 1 is 1.45 bits per heavy atom. The van der Waals surface area contributed by atoms with E-state index < -0.39 is 4.92 Å². The molecule has 0 saturated carbocycles. The summed E-state index contributed by atoms with van der Waals surface area (Å²) >= 11 is 4.71. The zero-order chi connectivity index (χ0) is 7.56. The van der Waals surface area contributed by atoms with Gasteiger partial charge >= 0.3 is 0 Å². The first-order valence-corrected chi connectivity index (χ1v) is 3.02. The standard InChI is InChI=1S/C6H5NO2S.Ti/c8-7(9)5-2-1-3-6(10)4-5;/h1-4,10H;/p-1. The topological polar surface area (TPSA) is 43.1 Å². The minimum absolute atomic E-state index is 0. The monoisotopic (exact) mass is 202 g/mol. The largest absolute Gasteiger partial charge is 0.779 e. The molecule has 0 N–H and O–H groups in total. The summed E-state index contributed by atoms with van der Waals surface area (Å²) in [5.74, 6) is 0. The van der Waals surface area contributed by atoms with Gasteiger partial charge in [0.15, 0.2) is 0 Å². The van der Waals surface area contributed by atoms with Gasteiger partial charge in [0.2, 0.25) is 0 Å². The Kier molecular flexibility index (Phi) is 4.26. The van der Waals surface area contributed by atoms with Crippen LogP contribution in [0.25, 0.3) is 0 Å². The summed E-state index contributed by atoms with van der Waals surface area (Å²) in [6, 6.07) is 5.98. The van der Waals surface area contributed by atoms with Crippen LogP contribution in [0.1, 0.15) is 0 Å². The van der Waals surface area contributed by atoms with E-state index in [0.717, 1.165) is 0 Å². The average Bonchev–Trinajstić information content (AvgIpc) is 1.88. The van der Waals surface area contributed by atoms with E-state index >= 15 is 0 Å². The maximum atomic E-state index is 10.1. The molecule has 0 atom stereocenters. The Morgan fingerprint density at radius 3 is 2.45 bits per heavy atom. The Balaban J connectivity index is 0.000001000. The molecule has 0 radical (unpaired) electrons. The van der Waals surface area contributed by atoms with Gasteiger partial charge in [-0.25, -0.2) is 0 Å². The van der Waals surface area contributed by atoms with Crippen molar-refractivity contribution in [2.45, 2.75) is 4.90 Å². The van der Waals surface area contributed by atoms with Crippen molar-refractivity contribution in [3.63, 3.8) is 0 Å². The van der Waals surface area contributed by atoms with E-state index in [9.17, 15) is 10.1 Å². The first-order chi connectivity index (χ1) is 4.70. The molecule has 0 saturated heterocycles. The van der Waals surface area contributed by atoms with Gasteiger partial charge in [-0.05, 0) is 6.07 Å². The van der Waals surface area contributed by atoms with Crippen molar-refractivity contribution in [3.8, 4) is 0 Å². The number of nitro benzene ring substituents is 1. The Bertz CT molecular complexity index is 267. The fourth-order valence-corrected chi connectivity index (χ4v) is 0.796. The van der Waals surface area contributed by atoms with Crippen LogP contribution in [0, 0.1) is 10.1 Å². The molecule has 0 heterocycles. The molecular formula is C6H4NO2STi-. The summed E-state index contributed by atoms with van der Waals surface area (Å²) in [6.45, 7) is 0. The summed E-state index contributed by atoms with van der Waals surface area (Å²) in [5.41, 5.74) is 0.0486. The van der Waals surface area contributed by atoms with Crippen LogP contribution in [-0.2, 0) is 34.3 Å². The molecule has 0 amide bonds. The minimum Gasteiger partial charge on any atom is -0.779 e. The molecule has 1 aromatic carbocycles. The first kappa shape index (κ1) is 10.6. The Morgan fingerprint density at radius 2 is 2.09 bits per heavy atom. The van der Waals surface area contributed by atoms with Gasteiger partial charge in [0.25, 0.3) is 5.69 Å². The summed E-state index contributed by atoms with van der Waals surface area (Å²) < 4.78 is 0. The predicted molar refractivity (Wildman–Crippen MR) is 38.7 cm³/mol. The van der Waals surface area contributed by atoms with Gasteiger partial charge in [-0.3, -0.25) is 10.1 Å². The number of nitro groups is 1. The molecule has 0 unspecified atom stereocenters. The van der Waals surface area contributed by atoms with Crippen LogP contribution in [-0.4, -0.2) is 4.92 Å². The normalized spacial score (nSPS) is 8.36. The fourth-order valence-electron chi connectivity index (χ4n) is 0.597. The molecule has 56 valence electrons. The number of hydrogen-bond donors (Lipinski definition) is 0. The third kappa shape index (κ3) is 2.97. The van der Waals surface area contributed by atoms with Crippen molar-refractivity contribution in [3.05, 3.63) is 34.4 Å². The maximum absolute atomic E-state index is 10.1. The Labute approximate surface area is 84.2 Å². The number of benzene rings is 1. The fraction of sp³-hybridized carbons (Fsp3) is 0. The number of non-ortho nitro benzene ring substituents is 1. The van der Waals surface area contributed by atoms with Gasteiger partial charge < -0.3 is 12.6 Å². The zero-order valence-corrected chi connectivity index (χ0v) is 7.86. The van der Waals surface area contributed by atoms with Crippen LogP contribution >= 0.6 is 0 Å². The number of rotatable bonds is 1. The van der Waals surface area contributed by atoms with Crippen LogP contribution in [0.4, 0.5) is 5.69 Å². The van der Waals surface area contributed by atoms with Crippen molar-refractivity contribution >= 4 is 18.3 Å². The molecule has 3 nitrogen and oxygen atoms in total. The third-order valence-corrected chi connectivity index (χ3v) is 1.28. The van der Waals surface area contributed by atoms with Gasteiger partial charge in [-0.1, -0.05) is 12.1 Å². The SMILES string of the molecule is O=[N+]([O-])c1cccc([S-])c1.[Ti]. The van der Waals surface area contributed by atoms with Gasteiger partial charge in [-0.15, -0.1) is 0 Å². The summed E-state index contributed by atoms with van der Waals surface area (Å²) in [4.78, 5) is 10.1. The van der Waals surface area contributed by atoms with Crippen LogP contribution in [0.3, 0.4) is 0 Å². The second-order valence-corrected chi connectivity index (χ2v) is 2.23. The number of nitrogens with zero attached hydrogens (tertiary/aromatic N) is 1. The molecule has 1 rings (SSSR count). The average molecular weight is 202 g/mol. The number of hydrogen-bond acceptors (Lipinski definition) is 3. The van der Waals surface area contributed by atoms with Gasteiger partial charge in [0.05, 0.1) is 4.92 Å². The van der Waals surface area contributed by atoms with E-state index in [4.69, 9.17) is 12.6 Å². The molecule has 0 aliphatic rings. The van der Waals surface area contributed by atoms with Crippen molar-refractivity contribution in [2.24, 2.45) is 0 Å². The van der Waals surface area contributed by atoms with Crippen LogP contribution < -0.4 is 0 Å². The molecule has 0 aliphatic carbocycles. The van der Waals surface area contributed by atoms with Crippen molar-refractivity contribution in [2.75, 3.05) is 0 Å². The second kappa shape index (κ2) is 4.44. The minimum atomic E-state index is -0.462. The van der Waals surface area contributed by atoms with Crippen molar-refractivity contribution in [1.29, 1.82) is 0 Å². The van der Waals surface area contributed by atoms with E-state index in [1.807, 2.05) is 0 Å². The molecule has 0 aromatic heterocycles. The third-order valence-electron chi connectivity index (χ3n) is 1.03. The maximum Gasteiger partial charge on any atom is 0.267 e. The molecule has 0 aliphatic heterocycles.